The van der Waals surface area contributed by atoms with Crippen molar-refractivity contribution in [3.63, 3.8) is 0 Å². The van der Waals surface area contributed by atoms with Gasteiger partial charge in [0.1, 0.15) is 11.5 Å². The highest BCUT2D eigenvalue weighted by Crippen LogP contribution is 2.24. The number of hydrogen-bond acceptors (Lipinski definition) is 5. The van der Waals surface area contributed by atoms with Crippen molar-refractivity contribution in [2.24, 2.45) is 5.41 Å². The van der Waals surface area contributed by atoms with Gasteiger partial charge in [-0.15, -0.1) is 0 Å². The predicted molar refractivity (Wildman–Crippen MR) is 130 cm³/mol. The van der Waals surface area contributed by atoms with Gasteiger partial charge in [-0.1, -0.05) is 50.2 Å². The maximum Gasteiger partial charge on any atom is 0.272 e. The van der Waals surface area contributed by atoms with Crippen molar-refractivity contribution in [2.75, 3.05) is 20.3 Å². The summed E-state index contributed by atoms with van der Waals surface area (Å²) in [6.45, 7) is 5.80. The normalized spacial score (nSPS) is 12.2. The Balaban J connectivity index is 1.85. The lowest BCUT2D eigenvalue weighted by Crippen LogP contribution is -2.39. The van der Waals surface area contributed by atoms with Crippen LogP contribution >= 0.6 is 0 Å². The van der Waals surface area contributed by atoms with Crippen LogP contribution in [0.4, 0.5) is 4.39 Å². The maximum atomic E-state index is 14.3. The highest BCUT2D eigenvalue weighted by atomic mass is 19.1. The van der Waals surface area contributed by atoms with E-state index in [9.17, 15) is 19.1 Å². The van der Waals surface area contributed by atoms with Crippen molar-refractivity contribution < 1.29 is 23.8 Å². The molecule has 0 aliphatic rings. The molecule has 0 radical (unpaired) electrons. The average molecular weight is 483 g/mol. The van der Waals surface area contributed by atoms with Crippen LogP contribution in [0.15, 0.2) is 54.6 Å². The van der Waals surface area contributed by atoms with Gasteiger partial charge in [-0.25, -0.2) is 4.39 Å². The minimum absolute atomic E-state index is 0.0107. The third kappa shape index (κ3) is 6.45. The summed E-state index contributed by atoms with van der Waals surface area (Å²) in [5, 5.41) is 19.4. The van der Waals surface area contributed by atoms with Crippen molar-refractivity contribution in [2.45, 2.75) is 33.2 Å². The number of carbonyl (C=O) groups is 2. The van der Waals surface area contributed by atoms with Gasteiger partial charge in [-0.2, -0.15) is 9.78 Å². The Kier molecular flexibility index (Phi) is 8.24. The quantitative estimate of drug-likeness (QED) is 0.411. The second-order valence-corrected chi connectivity index (χ2v) is 9.12. The highest BCUT2D eigenvalue weighted by Gasteiger charge is 2.25. The second kappa shape index (κ2) is 11.1. The van der Waals surface area contributed by atoms with Crippen molar-refractivity contribution in [1.29, 1.82) is 0 Å². The standard InChI is InChI=1S/C26H31FN4O4/c1-17-9-5-6-10-18(17)20(13-23(33)28-15-26(2,3)16-32)29-25(34)21-14-24(35-4)31(30-21)22-12-8-7-11-19(22)27/h5-12,14,20,32H,13,15-16H2,1-4H3,(H,28,33)(H,29,34)/t20-/m0/s1. The summed E-state index contributed by atoms with van der Waals surface area (Å²) in [7, 11) is 1.41. The third-order valence-corrected chi connectivity index (χ3v) is 5.65. The Morgan fingerprint density at radius 1 is 1.17 bits per heavy atom. The molecule has 1 atom stereocenters. The number of methoxy groups -OCH3 is 1. The average Bonchev–Trinajstić information content (AvgIpc) is 3.27. The lowest BCUT2D eigenvalue weighted by molar-refractivity contribution is -0.122. The molecule has 3 rings (SSSR count). The molecule has 9 heteroatoms. The van der Waals surface area contributed by atoms with E-state index < -0.39 is 23.2 Å². The number of rotatable bonds is 10. The number of benzene rings is 2. The van der Waals surface area contributed by atoms with Crippen LogP contribution < -0.4 is 15.4 Å². The first-order valence-electron chi connectivity index (χ1n) is 11.3. The maximum absolute atomic E-state index is 14.3. The molecule has 0 aliphatic heterocycles. The molecule has 0 bridgehead atoms. The first kappa shape index (κ1) is 25.9. The van der Waals surface area contributed by atoms with E-state index in [0.29, 0.717) is 6.54 Å². The van der Waals surface area contributed by atoms with Crippen molar-refractivity contribution in [3.8, 4) is 11.6 Å². The van der Waals surface area contributed by atoms with Crippen molar-refractivity contribution in [1.82, 2.24) is 20.4 Å². The van der Waals surface area contributed by atoms with Crippen LogP contribution in [0.25, 0.3) is 5.69 Å². The van der Waals surface area contributed by atoms with Gasteiger partial charge in [-0.05, 0) is 30.2 Å². The summed E-state index contributed by atoms with van der Waals surface area (Å²) >= 11 is 0. The molecule has 186 valence electrons. The molecule has 3 aromatic rings. The number of nitrogens with zero attached hydrogens (tertiary/aromatic N) is 2. The minimum atomic E-state index is -0.634. The van der Waals surface area contributed by atoms with E-state index in [-0.39, 0.29) is 36.2 Å². The molecule has 0 spiro atoms. The number of carbonyl (C=O) groups excluding carboxylic acids is 2. The number of aliphatic hydroxyl groups excluding tert-OH is 1. The van der Waals surface area contributed by atoms with Gasteiger partial charge in [0.05, 0.1) is 19.6 Å². The molecule has 35 heavy (non-hydrogen) atoms. The highest BCUT2D eigenvalue weighted by molar-refractivity contribution is 5.93. The van der Waals surface area contributed by atoms with Gasteiger partial charge < -0.3 is 20.5 Å². The number of nitrogens with one attached hydrogen (secondary N) is 2. The Morgan fingerprint density at radius 3 is 2.51 bits per heavy atom. The van der Waals surface area contributed by atoms with Crippen LogP contribution in [0.5, 0.6) is 5.88 Å². The van der Waals surface area contributed by atoms with E-state index in [4.69, 9.17) is 4.74 Å². The summed E-state index contributed by atoms with van der Waals surface area (Å²) in [6.07, 6.45) is -0.0107. The third-order valence-electron chi connectivity index (χ3n) is 5.65. The molecule has 0 fully saturated rings. The van der Waals surface area contributed by atoms with E-state index in [1.807, 2.05) is 45.0 Å². The SMILES string of the molecule is COc1cc(C(=O)N[C@@H](CC(=O)NCC(C)(C)CO)c2ccccc2C)nn1-c1ccccc1F. The lowest BCUT2D eigenvalue weighted by atomic mass is 9.94. The van der Waals surface area contributed by atoms with Crippen LogP contribution in [-0.2, 0) is 4.79 Å². The van der Waals surface area contributed by atoms with Crippen LogP contribution in [0.1, 0.15) is 47.9 Å². The molecule has 8 nitrogen and oxygen atoms in total. The smallest absolute Gasteiger partial charge is 0.272 e. The molecule has 3 N–H and O–H groups in total. The molecule has 1 aromatic heterocycles. The first-order chi connectivity index (χ1) is 16.6. The molecule has 2 aromatic carbocycles. The lowest BCUT2D eigenvalue weighted by Gasteiger charge is -2.24. The summed E-state index contributed by atoms with van der Waals surface area (Å²) in [6, 6.07) is 14.3. The number of aryl methyl sites for hydroxylation is 1. The Morgan fingerprint density at radius 2 is 1.86 bits per heavy atom. The number of para-hydroxylation sites is 1. The van der Waals surface area contributed by atoms with Crippen LogP contribution in [-0.4, -0.2) is 47.0 Å². The van der Waals surface area contributed by atoms with Gasteiger partial charge in [0.2, 0.25) is 11.8 Å². The van der Waals surface area contributed by atoms with E-state index in [1.54, 1.807) is 12.1 Å². The Hall–Kier alpha value is -3.72. The fourth-order valence-electron chi connectivity index (χ4n) is 3.52. The Bertz CT molecular complexity index is 1190. The number of ether oxygens (including phenoxy) is 1. The number of amides is 2. The second-order valence-electron chi connectivity index (χ2n) is 9.12. The topological polar surface area (TPSA) is 105 Å². The van der Waals surface area contributed by atoms with Crippen molar-refractivity contribution in [3.05, 3.63) is 77.2 Å². The molecule has 1 heterocycles. The Labute approximate surface area is 204 Å². The van der Waals surface area contributed by atoms with E-state index >= 15 is 0 Å². The zero-order valence-electron chi connectivity index (χ0n) is 20.3. The van der Waals surface area contributed by atoms with E-state index in [0.717, 1.165) is 11.1 Å². The fourth-order valence-corrected chi connectivity index (χ4v) is 3.52. The summed E-state index contributed by atoms with van der Waals surface area (Å²) in [5.74, 6) is -1.12. The number of halogens is 1. The van der Waals surface area contributed by atoms with Gasteiger partial charge in [-0.3, -0.25) is 9.59 Å². The zero-order valence-corrected chi connectivity index (χ0v) is 20.3. The molecular weight excluding hydrogens is 451 g/mol. The first-order valence-corrected chi connectivity index (χ1v) is 11.3. The number of hydrogen-bond donors (Lipinski definition) is 3. The van der Waals surface area contributed by atoms with E-state index in [2.05, 4.69) is 15.7 Å². The minimum Gasteiger partial charge on any atom is -0.481 e. The molecule has 2 amide bonds. The fraction of sp³-hybridized carbons (Fsp3) is 0.346. The van der Waals surface area contributed by atoms with Crippen LogP contribution in [0.2, 0.25) is 0 Å². The van der Waals surface area contributed by atoms with Crippen molar-refractivity contribution >= 4 is 11.8 Å². The van der Waals surface area contributed by atoms with Gasteiger partial charge >= 0.3 is 0 Å². The van der Waals surface area contributed by atoms with Crippen LogP contribution in [0, 0.1) is 18.2 Å². The van der Waals surface area contributed by atoms with Gasteiger partial charge in [0.25, 0.3) is 5.91 Å². The molecular formula is C26H31FN4O4. The van der Waals surface area contributed by atoms with Crippen LogP contribution in [0.3, 0.4) is 0 Å². The monoisotopic (exact) mass is 482 g/mol. The zero-order chi connectivity index (χ0) is 25.6. The van der Waals surface area contributed by atoms with Gasteiger partial charge in [0, 0.05) is 24.6 Å². The molecule has 0 saturated heterocycles. The number of aromatic nitrogens is 2. The largest absolute Gasteiger partial charge is 0.481 e. The molecule has 0 saturated carbocycles. The molecule has 0 aliphatic carbocycles. The molecule has 0 unspecified atom stereocenters. The predicted octanol–water partition coefficient (Wildman–Crippen LogP) is 3.32. The summed E-state index contributed by atoms with van der Waals surface area (Å²) < 4.78 is 20.8. The summed E-state index contributed by atoms with van der Waals surface area (Å²) in [5.41, 5.74) is 1.40. The van der Waals surface area contributed by atoms with E-state index in [1.165, 1.54) is 30.0 Å². The summed E-state index contributed by atoms with van der Waals surface area (Å²) in [4.78, 5) is 25.9. The number of aliphatic hydroxyl groups is 1. The van der Waals surface area contributed by atoms with Gasteiger partial charge in [0.15, 0.2) is 5.69 Å².